The molecule has 0 spiro atoms. The molecule has 0 amide bonds. The Morgan fingerprint density at radius 2 is 2.12 bits per heavy atom. The van der Waals surface area contributed by atoms with Crippen molar-refractivity contribution < 1.29 is 9.05 Å². The van der Waals surface area contributed by atoms with Gasteiger partial charge in [-0.3, -0.25) is 0 Å². The van der Waals surface area contributed by atoms with Crippen LogP contribution in [-0.2, 0) is 20.9 Å². The summed E-state index contributed by atoms with van der Waals surface area (Å²) in [5, 5.41) is 4.21. The Morgan fingerprint density at radius 3 is 2.62 bits per heavy atom. The van der Waals surface area contributed by atoms with Gasteiger partial charge in [0.1, 0.15) is 6.10 Å². The Hall–Kier alpha value is 0.330. The van der Waals surface area contributed by atoms with Crippen LogP contribution in [0.4, 0.5) is 0 Å². The first kappa shape index (κ1) is 12.8. The lowest BCUT2D eigenvalue weighted by Crippen LogP contribution is -2.07. The minimum absolute atomic E-state index is 0.244. The lowest BCUT2D eigenvalue weighted by atomic mass is 10.1. The molecule has 0 saturated carbocycles. The van der Waals surface area contributed by atoms with Crippen molar-refractivity contribution in [3.63, 3.8) is 0 Å². The monoisotopic (exact) mass is 297 g/mol. The normalized spacial score (nSPS) is 29.6. The number of rotatable bonds is 2. The van der Waals surface area contributed by atoms with E-state index in [9.17, 15) is 0 Å². The van der Waals surface area contributed by atoms with Crippen LogP contribution in [-0.4, -0.2) is 13.7 Å². The van der Waals surface area contributed by atoms with Crippen LogP contribution in [0.25, 0.3) is 0 Å². The Labute approximate surface area is 109 Å². The molecular weight excluding hydrogens is 288 g/mol. The summed E-state index contributed by atoms with van der Waals surface area (Å²) in [6, 6.07) is 5.35. The topological polar surface area (TPSA) is 30.5 Å². The molecule has 1 aliphatic heterocycles. The Balaban J connectivity index is 2.31. The molecule has 1 saturated heterocycles. The molecule has 16 heavy (non-hydrogen) atoms. The molecule has 88 valence electrons. The van der Waals surface area contributed by atoms with Gasteiger partial charge in [-0.15, -0.1) is 0 Å². The minimum Gasteiger partial charge on any atom is -0.321 e. The quantitative estimate of drug-likeness (QED) is 0.846. The lowest BCUT2D eigenvalue weighted by Gasteiger charge is -2.15. The van der Waals surface area contributed by atoms with Gasteiger partial charge in [-0.1, -0.05) is 29.3 Å². The maximum Gasteiger partial charge on any atom is 0.261 e. The molecule has 1 N–H and O–H groups in total. The van der Waals surface area contributed by atoms with Crippen molar-refractivity contribution in [2.45, 2.75) is 6.10 Å². The lowest BCUT2D eigenvalue weighted by molar-refractivity contribution is 0.233. The van der Waals surface area contributed by atoms with Crippen molar-refractivity contribution in [3.8, 4) is 0 Å². The summed E-state index contributed by atoms with van der Waals surface area (Å²) < 4.78 is 10.8. The molecule has 0 bridgehead atoms. The molecule has 0 aromatic heterocycles. The number of hydrogen-bond acceptors (Lipinski definition) is 3. The molecule has 1 heterocycles. The molecule has 7 heteroatoms. The van der Waals surface area contributed by atoms with E-state index in [-0.39, 0.29) is 6.10 Å². The van der Waals surface area contributed by atoms with E-state index < -0.39 is 6.64 Å². The van der Waals surface area contributed by atoms with Crippen LogP contribution in [0.5, 0.6) is 0 Å². The second-order valence-corrected chi connectivity index (χ2v) is 7.42. The van der Waals surface area contributed by atoms with Crippen LogP contribution in [0.15, 0.2) is 18.2 Å². The van der Waals surface area contributed by atoms with Crippen molar-refractivity contribution in [1.29, 1.82) is 0 Å². The van der Waals surface area contributed by atoms with E-state index in [1.54, 1.807) is 18.2 Å². The molecule has 0 radical (unpaired) electrons. The third kappa shape index (κ3) is 2.44. The fourth-order valence-corrected chi connectivity index (χ4v) is 3.89. The molecule has 0 aliphatic carbocycles. The molecule has 2 rings (SSSR count). The zero-order valence-electron chi connectivity index (χ0n) is 8.44. The molecule has 2 unspecified atom stereocenters. The van der Waals surface area contributed by atoms with Gasteiger partial charge >= 0.3 is 0 Å². The first-order chi connectivity index (χ1) is 7.56. The maximum atomic E-state index is 6.09. The molecular formula is C9H10Cl2NO2PS. The van der Waals surface area contributed by atoms with Gasteiger partial charge in [-0.05, 0) is 23.9 Å². The van der Waals surface area contributed by atoms with Gasteiger partial charge in [-0.2, -0.15) is 0 Å². The third-order valence-electron chi connectivity index (χ3n) is 2.30. The van der Waals surface area contributed by atoms with E-state index in [1.165, 1.54) is 7.11 Å². The Kier molecular flexibility index (Phi) is 3.92. The summed E-state index contributed by atoms with van der Waals surface area (Å²) in [4.78, 5) is 0. The summed E-state index contributed by atoms with van der Waals surface area (Å²) >= 11 is 17.4. The zero-order chi connectivity index (χ0) is 11.8. The van der Waals surface area contributed by atoms with Crippen LogP contribution >= 0.6 is 29.8 Å². The van der Waals surface area contributed by atoms with Crippen molar-refractivity contribution in [2.24, 2.45) is 0 Å². The summed E-state index contributed by atoms with van der Waals surface area (Å²) in [5.74, 6) is 0. The fraction of sp³-hybridized carbons (Fsp3) is 0.333. The van der Waals surface area contributed by atoms with Crippen molar-refractivity contribution >= 4 is 41.7 Å². The average molecular weight is 298 g/mol. The number of nitrogens with one attached hydrogen (secondary N) is 1. The van der Waals surface area contributed by atoms with E-state index in [1.807, 2.05) is 0 Å². The summed E-state index contributed by atoms with van der Waals surface area (Å²) in [7, 11) is 1.53. The van der Waals surface area contributed by atoms with Gasteiger partial charge in [-0.25, -0.2) is 5.09 Å². The van der Waals surface area contributed by atoms with Gasteiger partial charge in [0.2, 0.25) is 0 Å². The van der Waals surface area contributed by atoms with Crippen LogP contribution in [0.2, 0.25) is 10.0 Å². The molecule has 2 atom stereocenters. The Bertz CT molecular complexity index is 437. The van der Waals surface area contributed by atoms with Gasteiger partial charge in [0.25, 0.3) is 6.64 Å². The largest absolute Gasteiger partial charge is 0.321 e. The summed E-state index contributed by atoms with van der Waals surface area (Å²) in [5.41, 5.74) is 0.766. The SMILES string of the molecule is COP1(=S)NCC(c2c(Cl)cccc2Cl)O1. The minimum atomic E-state index is -2.35. The van der Waals surface area contributed by atoms with E-state index in [4.69, 9.17) is 44.1 Å². The van der Waals surface area contributed by atoms with Crippen LogP contribution in [0.3, 0.4) is 0 Å². The predicted octanol–water partition coefficient (Wildman–Crippen LogP) is 3.53. The molecule has 1 aromatic carbocycles. The van der Waals surface area contributed by atoms with E-state index >= 15 is 0 Å². The van der Waals surface area contributed by atoms with E-state index in [0.717, 1.165) is 5.56 Å². The molecule has 1 fully saturated rings. The molecule has 3 nitrogen and oxygen atoms in total. The smallest absolute Gasteiger partial charge is 0.261 e. The van der Waals surface area contributed by atoms with Crippen molar-refractivity contribution in [3.05, 3.63) is 33.8 Å². The first-order valence-corrected chi connectivity index (χ1v) is 7.98. The van der Waals surface area contributed by atoms with Gasteiger partial charge < -0.3 is 9.05 Å². The number of halogens is 2. The maximum absolute atomic E-state index is 6.09. The second-order valence-electron chi connectivity index (χ2n) is 3.27. The van der Waals surface area contributed by atoms with Gasteiger partial charge in [0, 0.05) is 29.3 Å². The highest BCUT2D eigenvalue weighted by Gasteiger charge is 2.34. The van der Waals surface area contributed by atoms with Crippen molar-refractivity contribution in [2.75, 3.05) is 13.7 Å². The van der Waals surface area contributed by atoms with Crippen LogP contribution in [0.1, 0.15) is 11.7 Å². The first-order valence-electron chi connectivity index (χ1n) is 4.59. The number of benzene rings is 1. The highest BCUT2D eigenvalue weighted by molar-refractivity contribution is 8.09. The highest BCUT2D eigenvalue weighted by Crippen LogP contribution is 2.54. The van der Waals surface area contributed by atoms with Gasteiger partial charge in [0.05, 0.1) is 0 Å². The standard InChI is InChI=1S/C9H10Cl2NO2PS/c1-13-15(16)12-5-8(14-15)9-6(10)3-2-4-7(9)11/h2-4,8H,5H2,1H3,(H,12,16). The van der Waals surface area contributed by atoms with Gasteiger partial charge in [0.15, 0.2) is 0 Å². The summed E-state index contributed by atoms with van der Waals surface area (Å²) in [6.07, 6.45) is -0.244. The molecule has 1 aliphatic rings. The second kappa shape index (κ2) is 4.91. The van der Waals surface area contributed by atoms with E-state index in [2.05, 4.69) is 5.09 Å². The Morgan fingerprint density at radius 1 is 1.50 bits per heavy atom. The highest BCUT2D eigenvalue weighted by atomic mass is 35.5. The fourth-order valence-electron chi connectivity index (χ4n) is 1.52. The average Bonchev–Trinajstić information content (AvgIpc) is 2.62. The third-order valence-corrected chi connectivity index (χ3v) is 5.63. The number of hydrogen-bond donors (Lipinski definition) is 1. The van der Waals surface area contributed by atoms with Crippen LogP contribution < -0.4 is 5.09 Å². The summed E-state index contributed by atoms with van der Waals surface area (Å²) in [6.45, 7) is -1.78. The van der Waals surface area contributed by atoms with Crippen LogP contribution in [0, 0.1) is 0 Å². The van der Waals surface area contributed by atoms with Crippen molar-refractivity contribution in [1.82, 2.24) is 5.09 Å². The molecule has 1 aromatic rings. The predicted molar refractivity (Wildman–Crippen MR) is 69.6 cm³/mol. The van der Waals surface area contributed by atoms with E-state index in [0.29, 0.717) is 16.6 Å². The zero-order valence-corrected chi connectivity index (χ0v) is 11.7.